The first-order valence-corrected chi connectivity index (χ1v) is 7.27. The van der Waals surface area contributed by atoms with E-state index in [0.29, 0.717) is 5.92 Å². The van der Waals surface area contributed by atoms with Gasteiger partial charge in [-0.05, 0) is 37.1 Å². The molecule has 1 aromatic carbocycles. The maximum absolute atomic E-state index is 5.57. The molecule has 0 amide bonds. The molecule has 0 aliphatic heterocycles. The second-order valence-corrected chi connectivity index (χ2v) is 6.03. The fraction of sp³-hybridized carbons (Fsp3) is 0.400. The van der Waals surface area contributed by atoms with Gasteiger partial charge in [-0.25, -0.2) is 4.98 Å². The lowest BCUT2D eigenvalue weighted by molar-refractivity contribution is 0.545. The Morgan fingerprint density at radius 3 is 2.89 bits per heavy atom. The third kappa shape index (κ3) is 3.67. The summed E-state index contributed by atoms with van der Waals surface area (Å²) in [6.07, 6.45) is 1.52. The maximum atomic E-state index is 5.57. The number of hydrogen-bond donors (Lipinski definition) is 1. The number of oxazole rings is 1. The van der Waals surface area contributed by atoms with E-state index in [4.69, 9.17) is 4.42 Å². The third-order valence-electron chi connectivity index (χ3n) is 2.93. The van der Waals surface area contributed by atoms with E-state index in [1.165, 1.54) is 12.0 Å². The van der Waals surface area contributed by atoms with Gasteiger partial charge in [0.25, 0.3) is 0 Å². The summed E-state index contributed by atoms with van der Waals surface area (Å²) in [5, 5.41) is 3.40. The summed E-state index contributed by atoms with van der Waals surface area (Å²) in [4.78, 5) is 4.32. The van der Waals surface area contributed by atoms with Gasteiger partial charge in [0.15, 0.2) is 12.2 Å². The summed E-state index contributed by atoms with van der Waals surface area (Å²) in [6, 6.07) is 6.18. The molecule has 0 radical (unpaired) electrons. The molecular weight excluding hydrogens is 304 g/mol. The second-order valence-electron chi connectivity index (χ2n) is 5.11. The monoisotopic (exact) mass is 322 g/mol. The molecule has 1 N–H and O–H groups in total. The van der Waals surface area contributed by atoms with Gasteiger partial charge in [0, 0.05) is 16.6 Å². The number of nitrogens with one attached hydrogen (secondary N) is 1. The molecular formula is C15H19BrN2O. The van der Waals surface area contributed by atoms with Crippen LogP contribution in [-0.2, 0) is 6.54 Å². The van der Waals surface area contributed by atoms with Crippen LogP contribution in [0, 0.1) is 12.8 Å². The highest BCUT2D eigenvalue weighted by atomic mass is 79.9. The number of benzene rings is 1. The molecule has 0 fully saturated rings. The van der Waals surface area contributed by atoms with E-state index in [0.717, 1.165) is 34.6 Å². The van der Waals surface area contributed by atoms with Crippen molar-refractivity contribution in [2.75, 3.05) is 6.54 Å². The van der Waals surface area contributed by atoms with Crippen LogP contribution in [0.4, 0.5) is 0 Å². The molecule has 0 spiro atoms. The molecule has 2 aromatic rings. The summed E-state index contributed by atoms with van der Waals surface area (Å²) in [7, 11) is 0. The molecule has 0 bridgehead atoms. The molecule has 0 aliphatic carbocycles. The first-order valence-electron chi connectivity index (χ1n) is 6.47. The lowest BCUT2D eigenvalue weighted by Crippen LogP contribution is -2.19. The van der Waals surface area contributed by atoms with Crippen molar-refractivity contribution in [3.8, 4) is 11.3 Å². The van der Waals surface area contributed by atoms with Gasteiger partial charge >= 0.3 is 0 Å². The van der Waals surface area contributed by atoms with Crippen LogP contribution in [0.1, 0.15) is 25.1 Å². The Morgan fingerprint density at radius 1 is 1.37 bits per heavy atom. The minimum atomic E-state index is 0.628. The van der Waals surface area contributed by atoms with Crippen LogP contribution < -0.4 is 5.32 Å². The Labute approximate surface area is 122 Å². The number of aryl methyl sites for hydroxylation is 1. The minimum absolute atomic E-state index is 0.628. The molecule has 1 aromatic heterocycles. The van der Waals surface area contributed by atoms with Gasteiger partial charge in [0.05, 0.1) is 0 Å². The zero-order chi connectivity index (χ0) is 13.8. The third-order valence-corrected chi connectivity index (χ3v) is 3.42. The van der Waals surface area contributed by atoms with E-state index in [2.05, 4.69) is 59.1 Å². The molecule has 2 rings (SSSR count). The molecule has 0 unspecified atom stereocenters. The first kappa shape index (κ1) is 14.3. The van der Waals surface area contributed by atoms with Crippen molar-refractivity contribution >= 4 is 15.9 Å². The summed E-state index contributed by atoms with van der Waals surface area (Å²) < 4.78 is 6.62. The summed E-state index contributed by atoms with van der Waals surface area (Å²) in [5.41, 5.74) is 3.24. The molecule has 4 heteroatoms. The topological polar surface area (TPSA) is 38.1 Å². The quantitative estimate of drug-likeness (QED) is 0.898. The molecule has 102 valence electrons. The zero-order valence-electron chi connectivity index (χ0n) is 11.5. The Kier molecular flexibility index (Phi) is 4.77. The van der Waals surface area contributed by atoms with Gasteiger partial charge < -0.3 is 9.73 Å². The lowest BCUT2D eigenvalue weighted by Gasteiger charge is -2.08. The Bertz CT molecular complexity index is 549. The highest BCUT2D eigenvalue weighted by Gasteiger charge is 2.13. The van der Waals surface area contributed by atoms with E-state index in [-0.39, 0.29) is 0 Å². The minimum Gasteiger partial charge on any atom is -0.443 e. The molecule has 1 heterocycles. The molecule has 0 aliphatic rings. The predicted octanol–water partition coefficient (Wildman–Crippen LogP) is 4.16. The molecule has 0 saturated carbocycles. The average molecular weight is 323 g/mol. The van der Waals surface area contributed by atoms with Crippen LogP contribution in [0.15, 0.2) is 33.5 Å². The van der Waals surface area contributed by atoms with E-state index in [9.17, 15) is 0 Å². The van der Waals surface area contributed by atoms with Gasteiger partial charge in [0.2, 0.25) is 0 Å². The van der Waals surface area contributed by atoms with Gasteiger partial charge in [-0.15, -0.1) is 0 Å². The van der Waals surface area contributed by atoms with Crippen molar-refractivity contribution < 1.29 is 4.42 Å². The molecule has 3 nitrogen and oxygen atoms in total. The van der Waals surface area contributed by atoms with Crippen molar-refractivity contribution in [2.45, 2.75) is 27.3 Å². The van der Waals surface area contributed by atoms with Gasteiger partial charge in [0.1, 0.15) is 5.69 Å². The van der Waals surface area contributed by atoms with Crippen molar-refractivity contribution in [2.24, 2.45) is 5.92 Å². The van der Waals surface area contributed by atoms with Crippen LogP contribution in [0.5, 0.6) is 0 Å². The van der Waals surface area contributed by atoms with Crippen LogP contribution in [0.2, 0.25) is 0 Å². The predicted molar refractivity (Wildman–Crippen MR) is 80.9 cm³/mol. The fourth-order valence-corrected chi connectivity index (χ4v) is 2.29. The Hall–Kier alpha value is -1.13. The number of rotatable bonds is 5. The Balaban J connectivity index is 2.21. The van der Waals surface area contributed by atoms with Gasteiger partial charge in [-0.2, -0.15) is 0 Å². The maximum Gasteiger partial charge on any atom is 0.181 e. The smallest absolute Gasteiger partial charge is 0.181 e. The SMILES string of the molecule is Cc1ccc(Br)cc1-c1ocnc1CNCC(C)C. The number of hydrogen-bond acceptors (Lipinski definition) is 3. The van der Waals surface area contributed by atoms with E-state index < -0.39 is 0 Å². The largest absolute Gasteiger partial charge is 0.443 e. The second kappa shape index (κ2) is 6.35. The van der Waals surface area contributed by atoms with Crippen molar-refractivity contribution in [3.63, 3.8) is 0 Å². The molecule has 0 saturated heterocycles. The van der Waals surface area contributed by atoms with Gasteiger partial charge in [-0.3, -0.25) is 0 Å². The van der Waals surface area contributed by atoms with Crippen LogP contribution in [0.3, 0.4) is 0 Å². The highest BCUT2D eigenvalue weighted by molar-refractivity contribution is 9.10. The van der Waals surface area contributed by atoms with Crippen LogP contribution >= 0.6 is 15.9 Å². The molecule has 19 heavy (non-hydrogen) atoms. The number of nitrogens with zero attached hydrogens (tertiary/aromatic N) is 1. The van der Waals surface area contributed by atoms with Crippen molar-refractivity contribution in [3.05, 3.63) is 40.3 Å². The summed E-state index contributed by atoms with van der Waals surface area (Å²) >= 11 is 3.50. The average Bonchev–Trinajstić information content (AvgIpc) is 2.80. The van der Waals surface area contributed by atoms with Gasteiger partial charge in [-0.1, -0.05) is 35.8 Å². The lowest BCUT2D eigenvalue weighted by atomic mass is 10.1. The van der Waals surface area contributed by atoms with E-state index >= 15 is 0 Å². The molecule has 0 atom stereocenters. The standard InChI is InChI=1S/C15H19BrN2O/c1-10(2)7-17-8-14-15(19-9-18-14)13-6-12(16)5-4-11(13)3/h4-6,9-10,17H,7-8H2,1-3H3. The fourth-order valence-electron chi connectivity index (χ4n) is 1.93. The van der Waals surface area contributed by atoms with Crippen LogP contribution in [-0.4, -0.2) is 11.5 Å². The van der Waals surface area contributed by atoms with Crippen molar-refractivity contribution in [1.29, 1.82) is 0 Å². The van der Waals surface area contributed by atoms with Crippen LogP contribution in [0.25, 0.3) is 11.3 Å². The normalized spacial score (nSPS) is 11.2. The summed E-state index contributed by atoms with van der Waals surface area (Å²) in [6.45, 7) is 8.17. The first-order chi connectivity index (χ1) is 9.08. The number of halogens is 1. The van der Waals surface area contributed by atoms with E-state index in [1.54, 1.807) is 0 Å². The summed E-state index contributed by atoms with van der Waals surface area (Å²) in [5.74, 6) is 1.48. The zero-order valence-corrected chi connectivity index (χ0v) is 13.1. The van der Waals surface area contributed by atoms with Crippen molar-refractivity contribution in [1.82, 2.24) is 10.3 Å². The highest BCUT2D eigenvalue weighted by Crippen LogP contribution is 2.29. The number of aromatic nitrogens is 1. The van der Waals surface area contributed by atoms with E-state index in [1.807, 2.05) is 6.07 Å². The Morgan fingerprint density at radius 2 is 2.16 bits per heavy atom.